The molecule has 0 saturated carbocycles. The van der Waals surface area contributed by atoms with Crippen molar-refractivity contribution in [3.05, 3.63) is 0 Å². The topological polar surface area (TPSA) is 49.8 Å². The SMILES string of the molecule is COCCN(C)CC(C(=O)O)C(F)(F)F. The Balaban J connectivity index is 4.24. The van der Waals surface area contributed by atoms with Gasteiger partial charge in [0.05, 0.1) is 6.61 Å². The molecule has 0 spiro atoms. The van der Waals surface area contributed by atoms with Crippen molar-refractivity contribution in [1.82, 2.24) is 4.90 Å². The maximum atomic E-state index is 12.2. The molecule has 0 aliphatic rings. The number of nitrogens with zero attached hydrogens (tertiary/aromatic N) is 1. The molecule has 90 valence electrons. The fourth-order valence-electron chi connectivity index (χ4n) is 0.972. The molecule has 0 fully saturated rings. The van der Waals surface area contributed by atoms with Crippen molar-refractivity contribution in [2.45, 2.75) is 6.18 Å². The zero-order valence-corrected chi connectivity index (χ0v) is 8.54. The summed E-state index contributed by atoms with van der Waals surface area (Å²) < 4.78 is 41.3. The van der Waals surface area contributed by atoms with Crippen LogP contribution in [0.25, 0.3) is 0 Å². The molecule has 0 aliphatic heterocycles. The lowest BCUT2D eigenvalue weighted by Crippen LogP contribution is -2.40. The molecule has 0 radical (unpaired) electrons. The van der Waals surface area contributed by atoms with Crippen LogP contribution in [0.5, 0.6) is 0 Å². The fourth-order valence-corrected chi connectivity index (χ4v) is 0.972. The van der Waals surface area contributed by atoms with Crippen LogP contribution in [-0.2, 0) is 9.53 Å². The molecule has 15 heavy (non-hydrogen) atoms. The van der Waals surface area contributed by atoms with E-state index in [0.29, 0.717) is 0 Å². The van der Waals surface area contributed by atoms with Crippen molar-refractivity contribution >= 4 is 5.97 Å². The van der Waals surface area contributed by atoms with Crippen LogP contribution in [0.15, 0.2) is 0 Å². The van der Waals surface area contributed by atoms with Gasteiger partial charge in [0, 0.05) is 20.2 Å². The van der Waals surface area contributed by atoms with Crippen LogP contribution < -0.4 is 0 Å². The number of carboxylic acid groups (broad SMARTS) is 1. The molecule has 0 heterocycles. The highest BCUT2D eigenvalue weighted by molar-refractivity contribution is 5.71. The second-order valence-corrected chi connectivity index (χ2v) is 3.19. The molecule has 0 aromatic rings. The molecule has 7 heteroatoms. The number of carboxylic acids is 1. The molecule has 0 aromatic heterocycles. The normalized spacial score (nSPS) is 14.3. The van der Waals surface area contributed by atoms with Crippen LogP contribution in [0.3, 0.4) is 0 Å². The Hall–Kier alpha value is -0.820. The smallest absolute Gasteiger partial charge is 0.403 e. The van der Waals surface area contributed by atoms with Gasteiger partial charge in [0.25, 0.3) is 0 Å². The maximum Gasteiger partial charge on any atom is 0.403 e. The minimum absolute atomic E-state index is 0.260. The number of alkyl halides is 3. The van der Waals surface area contributed by atoms with Gasteiger partial charge in [-0.2, -0.15) is 13.2 Å². The molecule has 0 bridgehead atoms. The van der Waals surface area contributed by atoms with Gasteiger partial charge in [0.15, 0.2) is 5.92 Å². The van der Waals surface area contributed by atoms with E-state index in [2.05, 4.69) is 4.74 Å². The summed E-state index contributed by atoms with van der Waals surface area (Å²) >= 11 is 0. The Morgan fingerprint density at radius 2 is 2.07 bits per heavy atom. The highest BCUT2D eigenvalue weighted by Gasteiger charge is 2.45. The summed E-state index contributed by atoms with van der Waals surface area (Å²) in [5, 5.41) is 8.41. The number of methoxy groups -OCH3 is 1. The third-order valence-corrected chi connectivity index (χ3v) is 1.86. The first-order valence-electron chi connectivity index (χ1n) is 4.26. The lowest BCUT2D eigenvalue weighted by molar-refractivity contribution is -0.196. The van der Waals surface area contributed by atoms with Crippen molar-refractivity contribution in [3.8, 4) is 0 Å². The van der Waals surface area contributed by atoms with E-state index in [1.165, 1.54) is 19.1 Å². The third kappa shape index (κ3) is 5.58. The molecule has 0 aliphatic carbocycles. The van der Waals surface area contributed by atoms with E-state index in [-0.39, 0.29) is 13.2 Å². The molecule has 1 N–H and O–H groups in total. The molecular formula is C8H14F3NO3. The van der Waals surface area contributed by atoms with Crippen molar-refractivity contribution in [1.29, 1.82) is 0 Å². The van der Waals surface area contributed by atoms with Crippen molar-refractivity contribution < 1.29 is 27.8 Å². The molecule has 0 aromatic carbocycles. The van der Waals surface area contributed by atoms with E-state index in [4.69, 9.17) is 5.11 Å². The van der Waals surface area contributed by atoms with E-state index >= 15 is 0 Å². The van der Waals surface area contributed by atoms with Gasteiger partial charge in [-0.05, 0) is 7.05 Å². The maximum absolute atomic E-state index is 12.2. The molecule has 1 unspecified atom stereocenters. The number of likely N-dealkylation sites (N-methyl/N-ethyl adjacent to an activating group) is 1. The Morgan fingerprint density at radius 3 is 2.40 bits per heavy atom. The predicted molar refractivity (Wildman–Crippen MR) is 46.6 cm³/mol. The Morgan fingerprint density at radius 1 is 1.53 bits per heavy atom. The number of hydrogen-bond acceptors (Lipinski definition) is 3. The van der Waals surface area contributed by atoms with E-state index in [9.17, 15) is 18.0 Å². The molecule has 0 rings (SSSR count). The van der Waals surface area contributed by atoms with Gasteiger partial charge in [-0.3, -0.25) is 4.79 Å². The first-order chi connectivity index (χ1) is 6.79. The monoisotopic (exact) mass is 229 g/mol. The van der Waals surface area contributed by atoms with E-state index < -0.39 is 24.6 Å². The van der Waals surface area contributed by atoms with Crippen LogP contribution in [0.1, 0.15) is 0 Å². The minimum Gasteiger partial charge on any atom is -0.481 e. The predicted octanol–water partition coefficient (Wildman–Crippen LogP) is 0.828. The first-order valence-corrected chi connectivity index (χ1v) is 4.26. The number of aliphatic carboxylic acids is 1. The van der Waals surface area contributed by atoms with Crippen LogP contribution >= 0.6 is 0 Å². The summed E-state index contributed by atoms with van der Waals surface area (Å²) in [5.41, 5.74) is 0. The quantitative estimate of drug-likeness (QED) is 0.732. The molecule has 4 nitrogen and oxygen atoms in total. The minimum atomic E-state index is -4.72. The largest absolute Gasteiger partial charge is 0.481 e. The number of halogens is 3. The molecule has 1 atom stereocenters. The van der Waals surface area contributed by atoms with E-state index in [0.717, 1.165) is 0 Å². The van der Waals surface area contributed by atoms with E-state index in [1.807, 2.05) is 0 Å². The van der Waals surface area contributed by atoms with Gasteiger partial charge in [-0.25, -0.2) is 0 Å². The number of ether oxygens (including phenoxy) is 1. The Labute approximate surface area is 85.6 Å². The number of hydrogen-bond donors (Lipinski definition) is 1. The highest BCUT2D eigenvalue weighted by Crippen LogP contribution is 2.26. The van der Waals surface area contributed by atoms with Crippen LogP contribution in [0.2, 0.25) is 0 Å². The van der Waals surface area contributed by atoms with Gasteiger partial charge in [-0.15, -0.1) is 0 Å². The first kappa shape index (κ1) is 14.2. The number of carbonyl (C=O) groups is 1. The van der Waals surface area contributed by atoms with Crippen LogP contribution in [0.4, 0.5) is 13.2 Å². The van der Waals surface area contributed by atoms with Gasteiger partial charge in [0.1, 0.15) is 0 Å². The van der Waals surface area contributed by atoms with E-state index in [1.54, 1.807) is 0 Å². The summed E-state index contributed by atoms with van der Waals surface area (Å²) in [7, 11) is 2.84. The van der Waals surface area contributed by atoms with Gasteiger partial charge in [0.2, 0.25) is 0 Å². The van der Waals surface area contributed by atoms with Gasteiger partial charge < -0.3 is 14.7 Å². The number of rotatable bonds is 6. The van der Waals surface area contributed by atoms with Crippen molar-refractivity contribution in [2.24, 2.45) is 5.92 Å². The zero-order chi connectivity index (χ0) is 12.1. The lowest BCUT2D eigenvalue weighted by atomic mass is 10.1. The van der Waals surface area contributed by atoms with Crippen molar-refractivity contribution in [3.63, 3.8) is 0 Å². The molecular weight excluding hydrogens is 215 g/mol. The second-order valence-electron chi connectivity index (χ2n) is 3.19. The highest BCUT2D eigenvalue weighted by atomic mass is 19.4. The summed E-state index contributed by atoms with van der Waals surface area (Å²) in [6.45, 7) is -0.0424. The van der Waals surface area contributed by atoms with Gasteiger partial charge in [-0.1, -0.05) is 0 Å². The average Bonchev–Trinajstić information content (AvgIpc) is 2.08. The van der Waals surface area contributed by atoms with Crippen LogP contribution in [-0.4, -0.2) is 56.0 Å². The Kier molecular flexibility index (Phi) is 5.59. The lowest BCUT2D eigenvalue weighted by Gasteiger charge is -2.22. The fraction of sp³-hybridized carbons (Fsp3) is 0.875. The summed E-state index contributed by atoms with van der Waals surface area (Å²) in [6, 6.07) is 0. The van der Waals surface area contributed by atoms with Crippen molar-refractivity contribution in [2.75, 3.05) is 33.9 Å². The summed E-state index contributed by atoms with van der Waals surface area (Å²) in [4.78, 5) is 11.7. The second kappa shape index (κ2) is 5.92. The summed E-state index contributed by atoms with van der Waals surface area (Å²) in [5.74, 6) is -4.20. The van der Waals surface area contributed by atoms with Crippen LogP contribution in [0, 0.1) is 5.92 Å². The third-order valence-electron chi connectivity index (χ3n) is 1.86. The molecule has 0 saturated heterocycles. The van der Waals surface area contributed by atoms with Gasteiger partial charge >= 0.3 is 12.1 Å². The Bertz CT molecular complexity index is 208. The zero-order valence-electron chi connectivity index (χ0n) is 8.54. The summed E-state index contributed by atoms with van der Waals surface area (Å²) in [6.07, 6.45) is -4.72. The average molecular weight is 229 g/mol. The standard InChI is InChI=1S/C8H14F3NO3/c1-12(3-4-15-2)5-6(7(13)14)8(9,10)11/h6H,3-5H2,1-2H3,(H,13,14). The molecule has 0 amide bonds.